The summed E-state index contributed by atoms with van der Waals surface area (Å²) in [5, 5.41) is 13.4. The predicted molar refractivity (Wildman–Crippen MR) is 98.1 cm³/mol. The Morgan fingerprint density at radius 1 is 1.21 bits per heavy atom. The summed E-state index contributed by atoms with van der Waals surface area (Å²) in [7, 11) is 3.90. The first-order chi connectivity index (χ1) is 11.4. The first-order valence-corrected chi connectivity index (χ1v) is 8.30. The number of hydrogen-bond donors (Lipinski definition) is 2. The Morgan fingerprint density at radius 3 is 2.58 bits per heavy atom. The molecule has 0 radical (unpaired) electrons. The summed E-state index contributed by atoms with van der Waals surface area (Å²) in [5.41, 5.74) is 1.45. The fourth-order valence-electron chi connectivity index (χ4n) is 2.34. The SMILES string of the molecule is CN(C)[C@H](CNC(=O)c1cccc(Cl)c1)Cc1ccc(O)cc1Cl. The maximum atomic E-state index is 12.2. The number of rotatable bonds is 6. The van der Waals surface area contributed by atoms with Crippen LogP contribution in [0.1, 0.15) is 15.9 Å². The van der Waals surface area contributed by atoms with Gasteiger partial charge in [-0.2, -0.15) is 0 Å². The molecule has 0 saturated heterocycles. The normalized spacial score (nSPS) is 12.2. The zero-order valence-electron chi connectivity index (χ0n) is 13.6. The van der Waals surface area contributed by atoms with Gasteiger partial charge < -0.3 is 15.3 Å². The molecule has 128 valence electrons. The van der Waals surface area contributed by atoms with Gasteiger partial charge in [-0.05, 0) is 56.4 Å². The molecule has 2 rings (SSSR count). The second-order valence-corrected chi connectivity index (χ2v) is 6.66. The Morgan fingerprint density at radius 2 is 1.96 bits per heavy atom. The largest absolute Gasteiger partial charge is 0.508 e. The molecule has 2 N–H and O–H groups in total. The van der Waals surface area contributed by atoms with Crippen LogP contribution in [0.5, 0.6) is 5.75 Å². The number of amides is 1. The molecule has 4 nitrogen and oxygen atoms in total. The average molecular weight is 367 g/mol. The molecule has 6 heteroatoms. The van der Waals surface area contributed by atoms with Gasteiger partial charge >= 0.3 is 0 Å². The number of phenolic OH excluding ortho intramolecular Hbond substituents is 1. The molecule has 0 fully saturated rings. The maximum Gasteiger partial charge on any atom is 0.251 e. The zero-order chi connectivity index (χ0) is 17.7. The van der Waals surface area contributed by atoms with Gasteiger partial charge in [0.05, 0.1) is 0 Å². The van der Waals surface area contributed by atoms with E-state index in [2.05, 4.69) is 5.32 Å². The molecular weight excluding hydrogens is 347 g/mol. The van der Waals surface area contributed by atoms with Gasteiger partial charge in [-0.25, -0.2) is 0 Å². The van der Waals surface area contributed by atoms with E-state index in [9.17, 15) is 9.90 Å². The molecule has 0 saturated carbocycles. The van der Waals surface area contributed by atoms with Crippen LogP contribution in [-0.2, 0) is 6.42 Å². The summed E-state index contributed by atoms with van der Waals surface area (Å²) in [4.78, 5) is 14.3. The van der Waals surface area contributed by atoms with Gasteiger partial charge in [-0.15, -0.1) is 0 Å². The number of phenols is 1. The third-order valence-corrected chi connectivity index (χ3v) is 4.39. The fraction of sp³-hybridized carbons (Fsp3) is 0.278. The van der Waals surface area contributed by atoms with Gasteiger partial charge in [0.15, 0.2) is 0 Å². The number of carbonyl (C=O) groups excluding carboxylic acids is 1. The van der Waals surface area contributed by atoms with E-state index in [4.69, 9.17) is 23.2 Å². The topological polar surface area (TPSA) is 52.6 Å². The second kappa shape index (κ2) is 8.38. The lowest BCUT2D eigenvalue weighted by atomic mass is 10.0. The number of nitrogens with one attached hydrogen (secondary N) is 1. The molecule has 1 amide bonds. The van der Waals surface area contributed by atoms with Crippen molar-refractivity contribution in [3.8, 4) is 5.75 Å². The maximum absolute atomic E-state index is 12.2. The fourth-order valence-corrected chi connectivity index (χ4v) is 2.78. The van der Waals surface area contributed by atoms with Crippen molar-refractivity contribution in [3.05, 3.63) is 63.6 Å². The van der Waals surface area contributed by atoms with Gasteiger partial charge in [0.2, 0.25) is 0 Å². The van der Waals surface area contributed by atoms with Crippen LogP contribution in [0.2, 0.25) is 10.0 Å². The molecule has 0 aliphatic carbocycles. The van der Waals surface area contributed by atoms with Crippen molar-refractivity contribution in [1.82, 2.24) is 10.2 Å². The lowest BCUT2D eigenvalue weighted by Crippen LogP contribution is -2.41. The van der Waals surface area contributed by atoms with Gasteiger partial charge in [0, 0.05) is 28.2 Å². The quantitative estimate of drug-likeness (QED) is 0.820. The minimum Gasteiger partial charge on any atom is -0.508 e. The van der Waals surface area contributed by atoms with Crippen molar-refractivity contribution in [2.24, 2.45) is 0 Å². The number of benzene rings is 2. The Labute approximate surface area is 152 Å². The van der Waals surface area contributed by atoms with E-state index in [-0.39, 0.29) is 17.7 Å². The molecule has 0 spiro atoms. The second-order valence-electron chi connectivity index (χ2n) is 5.82. The lowest BCUT2D eigenvalue weighted by molar-refractivity contribution is 0.0941. The Hall–Kier alpha value is -1.75. The summed E-state index contributed by atoms with van der Waals surface area (Å²) in [6.07, 6.45) is 0.655. The van der Waals surface area contributed by atoms with Crippen molar-refractivity contribution in [2.45, 2.75) is 12.5 Å². The Kier molecular flexibility index (Phi) is 6.49. The van der Waals surface area contributed by atoms with E-state index in [0.717, 1.165) is 5.56 Å². The summed E-state index contributed by atoms with van der Waals surface area (Å²) in [5.74, 6) is -0.0273. The van der Waals surface area contributed by atoms with Crippen LogP contribution in [-0.4, -0.2) is 42.6 Å². The summed E-state index contributed by atoms with van der Waals surface area (Å²) >= 11 is 12.1. The van der Waals surface area contributed by atoms with Gasteiger partial charge in [0.25, 0.3) is 5.91 Å². The number of aromatic hydroxyl groups is 1. The molecule has 0 aliphatic rings. The zero-order valence-corrected chi connectivity index (χ0v) is 15.1. The molecular formula is C18H20Cl2N2O2. The molecule has 0 aliphatic heterocycles. The van der Waals surface area contributed by atoms with Crippen LogP contribution in [0, 0.1) is 0 Å². The van der Waals surface area contributed by atoms with E-state index in [0.29, 0.717) is 28.6 Å². The molecule has 0 aromatic heterocycles. The first-order valence-electron chi connectivity index (χ1n) is 7.54. The number of halogens is 2. The Balaban J connectivity index is 2.02. The highest BCUT2D eigenvalue weighted by Crippen LogP contribution is 2.23. The third-order valence-electron chi connectivity index (χ3n) is 3.81. The highest BCUT2D eigenvalue weighted by atomic mass is 35.5. The number of hydrogen-bond acceptors (Lipinski definition) is 3. The minimum absolute atomic E-state index is 0.0650. The van der Waals surface area contributed by atoms with Crippen LogP contribution >= 0.6 is 23.2 Å². The van der Waals surface area contributed by atoms with Gasteiger partial charge in [-0.1, -0.05) is 35.3 Å². The van der Waals surface area contributed by atoms with Crippen LogP contribution in [0.15, 0.2) is 42.5 Å². The standard InChI is InChI=1S/C18H20Cl2N2O2/c1-22(2)15(9-12-6-7-16(23)10-17(12)20)11-21-18(24)13-4-3-5-14(19)8-13/h3-8,10,15,23H,9,11H2,1-2H3,(H,21,24)/t15-/m0/s1. The van der Waals surface area contributed by atoms with E-state index >= 15 is 0 Å². The monoisotopic (exact) mass is 366 g/mol. The molecule has 0 bridgehead atoms. The van der Waals surface area contributed by atoms with E-state index < -0.39 is 0 Å². The molecule has 24 heavy (non-hydrogen) atoms. The molecule has 2 aromatic carbocycles. The summed E-state index contributed by atoms with van der Waals surface area (Å²) < 4.78 is 0. The van der Waals surface area contributed by atoms with Crippen molar-refractivity contribution < 1.29 is 9.90 Å². The van der Waals surface area contributed by atoms with Crippen molar-refractivity contribution in [3.63, 3.8) is 0 Å². The predicted octanol–water partition coefficient (Wildman–Crippen LogP) is 3.60. The first kappa shape index (κ1) is 18.6. The molecule has 2 aromatic rings. The van der Waals surface area contributed by atoms with Crippen molar-refractivity contribution >= 4 is 29.1 Å². The van der Waals surface area contributed by atoms with Crippen LogP contribution in [0.3, 0.4) is 0 Å². The van der Waals surface area contributed by atoms with E-state index in [1.54, 1.807) is 36.4 Å². The average Bonchev–Trinajstić information content (AvgIpc) is 2.52. The third kappa shape index (κ3) is 5.13. The summed E-state index contributed by atoms with van der Waals surface area (Å²) in [6.45, 7) is 0.468. The number of likely N-dealkylation sites (N-methyl/N-ethyl adjacent to an activating group) is 1. The van der Waals surface area contributed by atoms with Crippen LogP contribution < -0.4 is 5.32 Å². The minimum atomic E-state index is -0.166. The van der Waals surface area contributed by atoms with E-state index in [1.807, 2.05) is 19.0 Å². The number of carbonyl (C=O) groups is 1. The van der Waals surface area contributed by atoms with Crippen LogP contribution in [0.25, 0.3) is 0 Å². The Bertz CT molecular complexity index is 720. The van der Waals surface area contributed by atoms with Crippen molar-refractivity contribution in [1.29, 1.82) is 0 Å². The van der Waals surface area contributed by atoms with Crippen LogP contribution in [0.4, 0.5) is 0 Å². The van der Waals surface area contributed by atoms with Gasteiger partial charge in [0.1, 0.15) is 5.75 Å². The highest BCUT2D eigenvalue weighted by molar-refractivity contribution is 6.31. The number of nitrogens with zero attached hydrogens (tertiary/aromatic N) is 1. The van der Waals surface area contributed by atoms with Crippen molar-refractivity contribution in [2.75, 3.05) is 20.6 Å². The molecule has 0 heterocycles. The van der Waals surface area contributed by atoms with Gasteiger partial charge in [-0.3, -0.25) is 4.79 Å². The molecule has 0 unspecified atom stereocenters. The highest BCUT2D eigenvalue weighted by Gasteiger charge is 2.16. The molecule has 1 atom stereocenters. The lowest BCUT2D eigenvalue weighted by Gasteiger charge is -2.25. The summed E-state index contributed by atoms with van der Waals surface area (Å²) in [6, 6.07) is 11.8. The smallest absolute Gasteiger partial charge is 0.251 e. The van der Waals surface area contributed by atoms with E-state index in [1.165, 1.54) is 6.07 Å².